The van der Waals surface area contributed by atoms with E-state index in [9.17, 15) is 18.0 Å². The highest BCUT2D eigenvalue weighted by atomic mass is 35.5. The third-order valence-electron chi connectivity index (χ3n) is 4.06. The molecular weight excluding hydrogens is 415 g/mol. The molecule has 0 saturated heterocycles. The Labute approximate surface area is 181 Å². The molecule has 0 unspecified atom stereocenters. The first-order chi connectivity index (χ1) is 13.9. The molecule has 0 radical (unpaired) electrons. The van der Waals surface area contributed by atoms with Gasteiger partial charge >= 0.3 is 12.1 Å². The first kappa shape index (κ1) is 27.4. The van der Waals surface area contributed by atoms with Gasteiger partial charge in [0.15, 0.2) is 0 Å². The van der Waals surface area contributed by atoms with E-state index in [1.54, 1.807) is 19.9 Å². The number of halogens is 4. The molecule has 0 bridgehead atoms. The SMILES string of the molecule is C=CC(=C\C=C/C)/C(C)=N\C(C)=C(/C)C(=O)O.CCc1cc(Cl)ccc1C(F)(F)F. The molecule has 0 aromatic heterocycles. The summed E-state index contributed by atoms with van der Waals surface area (Å²) in [6.07, 6.45) is 3.42. The van der Waals surface area contributed by atoms with E-state index < -0.39 is 17.7 Å². The van der Waals surface area contributed by atoms with Gasteiger partial charge in [-0.3, -0.25) is 4.99 Å². The summed E-state index contributed by atoms with van der Waals surface area (Å²) in [5, 5.41) is 9.17. The lowest BCUT2D eigenvalue weighted by Crippen LogP contribution is -2.08. The summed E-state index contributed by atoms with van der Waals surface area (Å²) in [5.74, 6) is -0.948. The van der Waals surface area contributed by atoms with Gasteiger partial charge in [-0.2, -0.15) is 13.2 Å². The zero-order chi connectivity index (χ0) is 23.5. The molecule has 1 aromatic carbocycles. The van der Waals surface area contributed by atoms with E-state index in [2.05, 4.69) is 11.6 Å². The van der Waals surface area contributed by atoms with Gasteiger partial charge in [0.05, 0.1) is 11.1 Å². The van der Waals surface area contributed by atoms with Gasteiger partial charge in [0.2, 0.25) is 0 Å². The Balaban J connectivity index is 0.000000579. The Kier molecular flexibility index (Phi) is 11.7. The fourth-order valence-electron chi connectivity index (χ4n) is 2.22. The summed E-state index contributed by atoms with van der Waals surface area (Å²) in [6.45, 7) is 12.3. The Hall–Kier alpha value is -2.60. The van der Waals surface area contributed by atoms with E-state index in [1.165, 1.54) is 19.1 Å². The number of benzene rings is 1. The lowest BCUT2D eigenvalue weighted by atomic mass is 10.1. The van der Waals surface area contributed by atoms with Gasteiger partial charge < -0.3 is 5.11 Å². The maximum atomic E-state index is 12.3. The quantitative estimate of drug-likeness (QED) is 0.283. The van der Waals surface area contributed by atoms with Crippen LogP contribution in [0.2, 0.25) is 5.02 Å². The second-order valence-electron chi connectivity index (χ2n) is 6.22. The smallest absolute Gasteiger partial charge is 0.416 e. The van der Waals surface area contributed by atoms with Crippen LogP contribution >= 0.6 is 11.6 Å². The molecule has 0 aliphatic carbocycles. The Morgan fingerprint density at radius 1 is 1.27 bits per heavy atom. The van der Waals surface area contributed by atoms with Gasteiger partial charge in [-0.15, -0.1) is 0 Å². The first-order valence-corrected chi connectivity index (χ1v) is 9.54. The second kappa shape index (κ2) is 12.9. The van der Waals surface area contributed by atoms with Crippen molar-refractivity contribution in [2.24, 2.45) is 4.99 Å². The lowest BCUT2D eigenvalue weighted by Gasteiger charge is -2.11. The molecule has 1 N–H and O–H groups in total. The molecule has 0 aliphatic heterocycles. The van der Waals surface area contributed by atoms with Gasteiger partial charge in [0.1, 0.15) is 0 Å². The van der Waals surface area contributed by atoms with Crippen molar-refractivity contribution in [3.8, 4) is 0 Å². The highest BCUT2D eigenvalue weighted by Gasteiger charge is 2.32. The molecule has 7 heteroatoms. The van der Waals surface area contributed by atoms with Crippen LogP contribution in [0.15, 0.2) is 70.9 Å². The van der Waals surface area contributed by atoms with Crippen molar-refractivity contribution in [1.29, 1.82) is 0 Å². The summed E-state index contributed by atoms with van der Waals surface area (Å²) < 4.78 is 37.0. The number of nitrogens with zero attached hydrogens (tertiary/aromatic N) is 1. The average molecular weight is 442 g/mol. The van der Waals surface area contributed by atoms with Crippen LogP contribution in [0.1, 0.15) is 45.7 Å². The van der Waals surface area contributed by atoms with E-state index in [-0.39, 0.29) is 11.1 Å². The predicted octanol–water partition coefficient (Wildman–Crippen LogP) is 7.44. The topological polar surface area (TPSA) is 49.7 Å². The minimum Gasteiger partial charge on any atom is -0.478 e. The fraction of sp³-hybridized carbons (Fsp3) is 0.304. The monoisotopic (exact) mass is 441 g/mol. The summed E-state index contributed by atoms with van der Waals surface area (Å²) in [4.78, 5) is 15.0. The van der Waals surface area contributed by atoms with Crippen molar-refractivity contribution >= 4 is 23.3 Å². The van der Waals surface area contributed by atoms with Crippen LogP contribution in [0.3, 0.4) is 0 Å². The van der Waals surface area contributed by atoms with Crippen LogP contribution in [0.5, 0.6) is 0 Å². The van der Waals surface area contributed by atoms with Gasteiger partial charge in [0, 0.05) is 16.4 Å². The highest BCUT2D eigenvalue weighted by molar-refractivity contribution is 6.30. The maximum Gasteiger partial charge on any atom is 0.416 e. The van der Waals surface area contributed by atoms with Crippen molar-refractivity contribution in [1.82, 2.24) is 0 Å². The molecule has 0 heterocycles. The van der Waals surface area contributed by atoms with E-state index in [0.29, 0.717) is 17.1 Å². The van der Waals surface area contributed by atoms with Crippen molar-refractivity contribution < 1.29 is 23.1 Å². The normalized spacial score (nSPS) is 13.5. The number of hydrogen-bond acceptors (Lipinski definition) is 2. The molecule has 3 nitrogen and oxygen atoms in total. The number of carbonyl (C=O) groups is 1. The molecule has 0 spiro atoms. The third kappa shape index (κ3) is 9.27. The number of aryl methyl sites for hydroxylation is 1. The first-order valence-electron chi connectivity index (χ1n) is 9.16. The molecular formula is C23H27ClF3NO2. The van der Waals surface area contributed by atoms with Gasteiger partial charge in [-0.1, -0.05) is 49.4 Å². The van der Waals surface area contributed by atoms with Crippen molar-refractivity contribution in [2.45, 2.75) is 47.2 Å². The third-order valence-corrected chi connectivity index (χ3v) is 4.29. The number of carboxylic acid groups (broad SMARTS) is 1. The summed E-state index contributed by atoms with van der Waals surface area (Å²) in [6, 6.07) is 3.62. The van der Waals surface area contributed by atoms with Crippen molar-refractivity contribution in [3.05, 3.63) is 82.1 Å². The molecule has 164 valence electrons. The molecule has 1 aromatic rings. The minimum absolute atomic E-state index is 0.236. The number of hydrogen-bond donors (Lipinski definition) is 1. The zero-order valence-electron chi connectivity index (χ0n) is 17.8. The number of allylic oxidation sites excluding steroid dienone is 6. The van der Waals surface area contributed by atoms with Crippen LogP contribution in [-0.2, 0) is 17.4 Å². The summed E-state index contributed by atoms with van der Waals surface area (Å²) in [5.41, 5.74) is 2.01. The highest BCUT2D eigenvalue weighted by Crippen LogP contribution is 2.33. The van der Waals surface area contributed by atoms with Crippen LogP contribution in [-0.4, -0.2) is 16.8 Å². The average Bonchev–Trinajstić information content (AvgIpc) is 2.67. The fourth-order valence-corrected chi connectivity index (χ4v) is 2.42. The number of carboxylic acids is 1. The van der Waals surface area contributed by atoms with Crippen molar-refractivity contribution in [2.75, 3.05) is 0 Å². The van der Waals surface area contributed by atoms with E-state index >= 15 is 0 Å². The molecule has 0 aliphatic rings. The largest absolute Gasteiger partial charge is 0.478 e. The van der Waals surface area contributed by atoms with Crippen LogP contribution < -0.4 is 0 Å². The molecule has 0 fully saturated rings. The summed E-state index contributed by atoms with van der Waals surface area (Å²) >= 11 is 5.58. The Morgan fingerprint density at radius 3 is 2.30 bits per heavy atom. The van der Waals surface area contributed by atoms with E-state index in [4.69, 9.17) is 16.7 Å². The standard InChI is InChI=1S/C14H19NO2.C9H8ClF3/c1-6-8-9-13(7-2)12(5)15-11(4)10(3)14(16)17;1-2-6-5-7(10)3-4-8(6)9(11,12)13/h6-9H,2H2,1,3-5H3,(H,16,17);3-5H,2H2,1H3/b8-6-,11-10+,13-9+,15-12-;. The minimum atomic E-state index is -4.28. The lowest BCUT2D eigenvalue weighted by molar-refractivity contribution is -0.138. The van der Waals surface area contributed by atoms with Crippen molar-refractivity contribution in [3.63, 3.8) is 0 Å². The Morgan fingerprint density at radius 2 is 1.87 bits per heavy atom. The van der Waals surface area contributed by atoms with E-state index in [0.717, 1.165) is 17.4 Å². The molecule has 0 saturated carbocycles. The van der Waals surface area contributed by atoms with Crippen LogP contribution in [0, 0.1) is 0 Å². The van der Waals surface area contributed by atoms with Gasteiger partial charge in [0.25, 0.3) is 0 Å². The molecule has 1 rings (SSSR count). The van der Waals surface area contributed by atoms with Gasteiger partial charge in [-0.25, -0.2) is 4.79 Å². The maximum absolute atomic E-state index is 12.3. The Bertz CT molecular complexity index is 879. The van der Waals surface area contributed by atoms with Crippen LogP contribution in [0.4, 0.5) is 13.2 Å². The predicted molar refractivity (Wildman–Crippen MR) is 118 cm³/mol. The zero-order valence-corrected chi connectivity index (χ0v) is 18.5. The number of rotatable bonds is 6. The molecule has 0 amide bonds. The second-order valence-corrected chi connectivity index (χ2v) is 6.65. The van der Waals surface area contributed by atoms with Crippen LogP contribution in [0.25, 0.3) is 0 Å². The summed E-state index contributed by atoms with van der Waals surface area (Å²) in [7, 11) is 0. The number of alkyl halides is 3. The van der Waals surface area contributed by atoms with E-state index in [1.807, 2.05) is 32.1 Å². The number of aliphatic imine (C=N–C) groups is 1. The molecule has 0 atom stereocenters. The van der Waals surface area contributed by atoms with Gasteiger partial charge in [-0.05, 0) is 63.5 Å². The number of aliphatic carboxylic acids is 1. The molecule has 30 heavy (non-hydrogen) atoms.